The number of hydrogen-bond donors (Lipinski definition) is 1. The summed E-state index contributed by atoms with van der Waals surface area (Å²) in [6.07, 6.45) is 1.43. The number of aliphatic imine (C=N–C) groups is 1. The van der Waals surface area contributed by atoms with Crippen molar-refractivity contribution in [2.45, 2.75) is 13.2 Å². The SMILES string of the molecule is CC(OC(=O)Oc1ccccc1O[N+](=O)[O-])N1CCN=C1Nc1ccc2nccnc2c1Br. The largest absolute Gasteiger partial charge is 0.515 e. The highest BCUT2D eigenvalue weighted by atomic mass is 79.9. The van der Waals surface area contributed by atoms with Gasteiger partial charge in [0.15, 0.2) is 17.7 Å². The maximum absolute atomic E-state index is 12.3. The molecule has 1 aromatic heterocycles. The van der Waals surface area contributed by atoms with Crippen LogP contribution in [0.2, 0.25) is 0 Å². The van der Waals surface area contributed by atoms with Crippen LogP contribution >= 0.6 is 15.9 Å². The van der Waals surface area contributed by atoms with Crippen LogP contribution in [0.3, 0.4) is 0 Å². The van der Waals surface area contributed by atoms with Crippen LogP contribution in [0, 0.1) is 10.1 Å². The van der Waals surface area contributed by atoms with Crippen LogP contribution in [-0.4, -0.2) is 51.4 Å². The fourth-order valence-electron chi connectivity index (χ4n) is 3.15. The molecular weight excluding hydrogens is 500 g/mol. The monoisotopic (exact) mass is 516 g/mol. The Morgan fingerprint density at radius 1 is 1.21 bits per heavy atom. The van der Waals surface area contributed by atoms with Crippen LogP contribution in [0.15, 0.2) is 58.3 Å². The molecule has 2 aromatic carbocycles. The number of halogens is 1. The highest BCUT2D eigenvalue weighted by Gasteiger charge is 2.27. The van der Waals surface area contributed by atoms with E-state index in [1.165, 1.54) is 18.2 Å². The Hall–Kier alpha value is -4.00. The van der Waals surface area contributed by atoms with E-state index in [0.717, 1.165) is 9.99 Å². The second kappa shape index (κ2) is 9.65. The molecule has 13 heteroatoms. The molecule has 0 aliphatic carbocycles. The van der Waals surface area contributed by atoms with E-state index in [9.17, 15) is 14.9 Å². The number of anilines is 1. The first-order valence-corrected chi connectivity index (χ1v) is 10.5. The Balaban J connectivity index is 1.42. The summed E-state index contributed by atoms with van der Waals surface area (Å²) in [6.45, 7) is 2.66. The summed E-state index contributed by atoms with van der Waals surface area (Å²) in [4.78, 5) is 42.1. The second-order valence-electron chi connectivity index (χ2n) is 6.71. The molecule has 0 spiro atoms. The van der Waals surface area contributed by atoms with E-state index >= 15 is 0 Å². The molecule has 0 bridgehead atoms. The van der Waals surface area contributed by atoms with Crippen LogP contribution in [-0.2, 0) is 4.74 Å². The van der Waals surface area contributed by atoms with E-state index in [0.29, 0.717) is 30.3 Å². The van der Waals surface area contributed by atoms with E-state index in [1.54, 1.807) is 30.3 Å². The molecular formula is C20H17BrN6O6. The van der Waals surface area contributed by atoms with Crippen molar-refractivity contribution in [2.24, 2.45) is 4.99 Å². The van der Waals surface area contributed by atoms with Gasteiger partial charge in [0.25, 0.3) is 5.09 Å². The topological polar surface area (TPSA) is 141 Å². The normalized spacial score (nSPS) is 13.9. The van der Waals surface area contributed by atoms with Gasteiger partial charge in [0.1, 0.15) is 5.52 Å². The highest BCUT2D eigenvalue weighted by Crippen LogP contribution is 2.30. The van der Waals surface area contributed by atoms with Crippen molar-refractivity contribution in [3.8, 4) is 11.5 Å². The van der Waals surface area contributed by atoms with Gasteiger partial charge in [-0.3, -0.25) is 19.8 Å². The number of ether oxygens (including phenoxy) is 2. The lowest BCUT2D eigenvalue weighted by Crippen LogP contribution is -2.42. The van der Waals surface area contributed by atoms with E-state index in [4.69, 9.17) is 9.47 Å². The van der Waals surface area contributed by atoms with Gasteiger partial charge in [0.05, 0.1) is 22.2 Å². The number of aromatic nitrogens is 2. The first-order valence-electron chi connectivity index (χ1n) is 9.69. The Morgan fingerprint density at radius 2 is 1.97 bits per heavy atom. The van der Waals surface area contributed by atoms with Gasteiger partial charge in [-0.05, 0) is 47.1 Å². The average molecular weight is 517 g/mol. The summed E-state index contributed by atoms with van der Waals surface area (Å²) in [7, 11) is 0. The van der Waals surface area contributed by atoms with E-state index in [2.05, 4.69) is 41.0 Å². The van der Waals surface area contributed by atoms with Crippen LogP contribution < -0.4 is 14.9 Å². The lowest BCUT2D eigenvalue weighted by Gasteiger charge is -2.27. The number of fused-ring (bicyclic) bond motifs is 1. The zero-order chi connectivity index (χ0) is 23.4. The Morgan fingerprint density at radius 3 is 2.76 bits per heavy atom. The Labute approximate surface area is 195 Å². The van der Waals surface area contributed by atoms with Crippen LogP contribution in [0.5, 0.6) is 11.5 Å². The third-order valence-electron chi connectivity index (χ3n) is 4.62. The summed E-state index contributed by atoms with van der Waals surface area (Å²) in [5, 5.41) is 12.8. The molecule has 1 N–H and O–H groups in total. The minimum absolute atomic E-state index is 0.138. The van der Waals surface area contributed by atoms with Gasteiger partial charge in [0, 0.05) is 18.9 Å². The van der Waals surface area contributed by atoms with Gasteiger partial charge >= 0.3 is 6.16 Å². The molecule has 3 aromatic rings. The molecule has 1 atom stereocenters. The summed E-state index contributed by atoms with van der Waals surface area (Å²) in [5.74, 6) is 0.138. The van der Waals surface area contributed by atoms with E-state index in [1.807, 2.05) is 12.1 Å². The number of carbonyl (C=O) groups is 1. The molecule has 170 valence electrons. The summed E-state index contributed by atoms with van der Waals surface area (Å²) in [6, 6.07) is 9.38. The predicted molar refractivity (Wildman–Crippen MR) is 121 cm³/mol. The molecule has 0 saturated heterocycles. The third kappa shape index (κ3) is 5.09. The van der Waals surface area contributed by atoms with Gasteiger partial charge in [-0.25, -0.2) is 4.79 Å². The molecule has 0 saturated carbocycles. The number of nitrogens with one attached hydrogen (secondary N) is 1. The van der Waals surface area contributed by atoms with Gasteiger partial charge in [-0.15, -0.1) is 10.1 Å². The van der Waals surface area contributed by atoms with Crippen LogP contribution in [0.25, 0.3) is 11.0 Å². The zero-order valence-corrected chi connectivity index (χ0v) is 18.8. The van der Waals surface area contributed by atoms with Crippen molar-refractivity contribution in [1.82, 2.24) is 14.9 Å². The predicted octanol–water partition coefficient (Wildman–Crippen LogP) is 3.61. The van der Waals surface area contributed by atoms with Crippen molar-refractivity contribution in [1.29, 1.82) is 0 Å². The number of hydrogen-bond acceptors (Lipinski definition) is 11. The van der Waals surface area contributed by atoms with Crippen molar-refractivity contribution in [3.63, 3.8) is 0 Å². The number of rotatable bonds is 6. The number of carbonyl (C=O) groups excluding carboxylic acids is 1. The second-order valence-corrected chi connectivity index (χ2v) is 7.50. The van der Waals surface area contributed by atoms with Crippen molar-refractivity contribution >= 4 is 44.8 Å². The van der Waals surface area contributed by atoms with Crippen molar-refractivity contribution in [2.75, 3.05) is 18.4 Å². The molecule has 4 rings (SSSR count). The van der Waals surface area contributed by atoms with Crippen molar-refractivity contribution in [3.05, 3.63) is 63.4 Å². The maximum Gasteiger partial charge on any atom is 0.515 e. The summed E-state index contributed by atoms with van der Waals surface area (Å²) in [5.41, 5.74) is 2.14. The molecule has 12 nitrogen and oxygen atoms in total. The fraction of sp³-hybridized carbons (Fsp3) is 0.200. The molecule has 33 heavy (non-hydrogen) atoms. The first kappa shape index (κ1) is 22.2. The van der Waals surface area contributed by atoms with Gasteiger partial charge in [-0.1, -0.05) is 12.1 Å². The standard InChI is InChI=1S/C20H17BrN6O6/c1-12(31-20(28)32-15-4-2-3-5-16(15)33-27(29)30)26-11-10-24-19(26)25-13-6-7-14-18(17(13)21)23-9-8-22-14/h2-9,12H,10-11H2,1H3,(H,24,25). The minimum Gasteiger partial charge on any atom is -0.410 e. The lowest BCUT2D eigenvalue weighted by atomic mass is 10.2. The summed E-state index contributed by atoms with van der Waals surface area (Å²) < 4.78 is 11.2. The molecule has 1 aliphatic heterocycles. The average Bonchev–Trinajstić information content (AvgIpc) is 3.25. The lowest BCUT2D eigenvalue weighted by molar-refractivity contribution is -0.711. The Bertz CT molecular complexity index is 1240. The van der Waals surface area contributed by atoms with E-state index < -0.39 is 17.5 Å². The molecule has 0 radical (unpaired) electrons. The van der Waals surface area contributed by atoms with Crippen LogP contribution in [0.1, 0.15) is 6.92 Å². The fourth-order valence-corrected chi connectivity index (χ4v) is 3.69. The number of para-hydroxylation sites is 2. The molecule has 1 unspecified atom stereocenters. The first-order chi connectivity index (χ1) is 15.9. The smallest absolute Gasteiger partial charge is 0.410 e. The van der Waals surface area contributed by atoms with Gasteiger partial charge in [0.2, 0.25) is 5.96 Å². The third-order valence-corrected chi connectivity index (χ3v) is 5.42. The highest BCUT2D eigenvalue weighted by molar-refractivity contribution is 9.10. The van der Waals surface area contributed by atoms with Crippen molar-refractivity contribution < 1.29 is 24.2 Å². The molecule has 0 fully saturated rings. The maximum atomic E-state index is 12.3. The van der Waals surface area contributed by atoms with Gasteiger partial charge in [-0.2, -0.15) is 0 Å². The number of nitrogens with zero attached hydrogens (tertiary/aromatic N) is 5. The number of benzene rings is 2. The zero-order valence-electron chi connectivity index (χ0n) is 17.2. The molecule has 1 aliphatic rings. The molecule has 0 amide bonds. The van der Waals surface area contributed by atoms with E-state index in [-0.39, 0.29) is 11.5 Å². The molecule has 2 heterocycles. The number of guanidine groups is 1. The van der Waals surface area contributed by atoms with Gasteiger partial charge < -0.3 is 19.7 Å². The van der Waals surface area contributed by atoms with Crippen LogP contribution in [0.4, 0.5) is 10.5 Å². The Kier molecular flexibility index (Phi) is 6.49. The quantitative estimate of drug-likeness (QED) is 0.223. The minimum atomic E-state index is -1.05. The summed E-state index contributed by atoms with van der Waals surface area (Å²) >= 11 is 3.54.